The van der Waals surface area contributed by atoms with Gasteiger partial charge < -0.3 is 11.5 Å². The normalized spacial score (nSPS) is 12.4. The Kier molecular flexibility index (Phi) is 3.30. The van der Waals surface area contributed by atoms with Crippen LogP contribution in [0, 0.1) is 19.7 Å². The van der Waals surface area contributed by atoms with Crippen LogP contribution in [0.25, 0.3) is 0 Å². The van der Waals surface area contributed by atoms with Crippen molar-refractivity contribution in [3.05, 3.63) is 58.5 Å². The third kappa shape index (κ3) is 2.33. The van der Waals surface area contributed by atoms with Gasteiger partial charge in [0.05, 0.1) is 6.04 Å². The zero-order valence-corrected chi connectivity index (χ0v) is 10.4. The van der Waals surface area contributed by atoms with Crippen LogP contribution in [-0.2, 0) is 0 Å². The Morgan fingerprint density at radius 1 is 1.22 bits per heavy atom. The molecule has 0 bridgehead atoms. The van der Waals surface area contributed by atoms with Gasteiger partial charge in [0.1, 0.15) is 11.6 Å². The molecule has 0 radical (unpaired) electrons. The third-order valence-electron chi connectivity index (χ3n) is 2.98. The summed E-state index contributed by atoms with van der Waals surface area (Å²) in [6.07, 6.45) is 1.68. The lowest BCUT2D eigenvalue weighted by atomic mass is 9.98. The molecule has 0 fully saturated rings. The average molecular weight is 245 g/mol. The highest BCUT2D eigenvalue weighted by Gasteiger charge is 2.14. The van der Waals surface area contributed by atoms with Gasteiger partial charge in [0.15, 0.2) is 0 Å². The first-order valence-corrected chi connectivity index (χ1v) is 5.72. The lowest BCUT2D eigenvalue weighted by Crippen LogP contribution is -2.15. The van der Waals surface area contributed by atoms with Crippen molar-refractivity contribution in [2.75, 3.05) is 5.73 Å². The summed E-state index contributed by atoms with van der Waals surface area (Å²) in [6, 6.07) is 6.38. The summed E-state index contributed by atoms with van der Waals surface area (Å²) in [6.45, 7) is 3.63. The molecule has 2 rings (SSSR count). The fourth-order valence-corrected chi connectivity index (χ4v) is 1.83. The van der Waals surface area contributed by atoms with E-state index >= 15 is 0 Å². The third-order valence-corrected chi connectivity index (χ3v) is 2.98. The van der Waals surface area contributed by atoms with Gasteiger partial charge in [-0.2, -0.15) is 0 Å². The second-order valence-electron chi connectivity index (χ2n) is 4.47. The monoisotopic (exact) mass is 245 g/mol. The standard InChI is InChI=1S/C14H16FN3/c1-8-5-11(14(17)18-7-8)13(16)10-4-3-9(2)12(15)6-10/h3-7,13H,16H2,1-2H3,(H2,17,18). The van der Waals surface area contributed by atoms with Crippen LogP contribution in [0.5, 0.6) is 0 Å². The highest BCUT2D eigenvalue weighted by atomic mass is 19.1. The molecule has 0 spiro atoms. The number of hydrogen-bond donors (Lipinski definition) is 2. The van der Waals surface area contributed by atoms with E-state index in [0.29, 0.717) is 16.9 Å². The Balaban J connectivity index is 2.44. The highest BCUT2D eigenvalue weighted by Crippen LogP contribution is 2.25. The van der Waals surface area contributed by atoms with Crippen LogP contribution in [0.1, 0.15) is 28.3 Å². The van der Waals surface area contributed by atoms with Crippen molar-refractivity contribution >= 4 is 5.82 Å². The van der Waals surface area contributed by atoms with Crippen molar-refractivity contribution in [2.24, 2.45) is 5.73 Å². The van der Waals surface area contributed by atoms with Gasteiger partial charge in [-0.15, -0.1) is 0 Å². The van der Waals surface area contributed by atoms with Gasteiger partial charge in [-0.3, -0.25) is 0 Å². The number of halogens is 1. The van der Waals surface area contributed by atoms with E-state index in [0.717, 1.165) is 11.1 Å². The van der Waals surface area contributed by atoms with E-state index < -0.39 is 6.04 Å². The topological polar surface area (TPSA) is 64.9 Å². The lowest BCUT2D eigenvalue weighted by Gasteiger charge is -2.15. The van der Waals surface area contributed by atoms with Gasteiger partial charge in [0.25, 0.3) is 0 Å². The van der Waals surface area contributed by atoms with Crippen LogP contribution in [0.15, 0.2) is 30.5 Å². The molecule has 0 amide bonds. The van der Waals surface area contributed by atoms with E-state index in [2.05, 4.69) is 4.98 Å². The molecule has 0 aliphatic carbocycles. The summed E-state index contributed by atoms with van der Waals surface area (Å²) in [5.74, 6) is 0.121. The molecule has 0 aliphatic rings. The number of nitrogen functional groups attached to an aromatic ring is 1. The van der Waals surface area contributed by atoms with Crippen LogP contribution >= 0.6 is 0 Å². The number of nitrogens with zero attached hydrogens (tertiary/aromatic N) is 1. The minimum atomic E-state index is -0.465. The maximum absolute atomic E-state index is 13.5. The number of benzene rings is 1. The van der Waals surface area contributed by atoms with Gasteiger partial charge in [0.2, 0.25) is 0 Å². The second-order valence-corrected chi connectivity index (χ2v) is 4.47. The Morgan fingerprint density at radius 3 is 2.61 bits per heavy atom. The Hall–Kier alpha value is -1.94. The van der Waals surface area contributed by atoms with Crippen molar-refractivity contribution < 1.29 is 4.39 Å². The van der Waals surface area contributed by atoms with Gasteiger partial charge in [-0.1, -0.05) is 12.1 Å². The second kappa shape index (κ2) is 4.74. The lowest BCUT2D eigenvalue weighted by molar-refractivity contribution is 0.614. The molecule has 3 nitrogen and oxygen atoms in total. The Morgan fingerprint density at radius 2 is 1.94 bits per heavy atom. The maximum atomic E-state index is 13.5. The van der Waals surface area contributed by atoms with Crippen molar-refractivity contribution in [2.45, 2.75) is 19.9 Å². The molecule has 1 aromatic carbocycles. The SMILES string of the molecule is Cc1cnc(N)c(C(N)c2ccc(C)c(F)c2)c1. The smallest absolute Gasteiger partial charge is 0.128 e. The predicted molar refractivity (Wildman–Crippen MR) is 70.6 cm³/mol. The summed E-state index contributed by atoms with van der Waals surface area (Å²) in [4.78, 5) is 4.07. The van der Waals surface area contributed by atoms with Crippen LogP contribution in [0.3, 0.4) is 0 Å². The molecule has 0 saturated carbocycles. The van der Waals surface area contributed by atoms with E-state index in [1.54, 1.807) is 19.2 Å². The fraction of sp³-hybridized carbons (Fsp3) is 0.214. The fourth-order valence-electron chi connectivity index (χ4n) is 1.83. The molecule has 0 saturated heterocycles. The van der Waals surface area contributed by atoms with E-state index in [-0.39, 0.29) is 5.82 Å². The van der Waals surface area contributed by atoms with Crippen LogP contribution in [-0.4, -0.2) is 4.98 Å². The zero-order valence-electron chi connectivity index (χ0n) is 10.4. The Bertz CT molecular complexity index is 581. The molecule has 0 aliphatic heterocycles. The number of nitrogens with two attached hydrogens (primary N) is 2. The maximum Gasteiger partial charge on any atom is 0.128 e. The number of aromatic nitrogens is 1. The molecule has 1 unspecified atom stereocenters. The number of aryl methyl sites for hydroxylation is 2. The van der Waals surface area contributed by atoms with Crippen molar-refractivity contribution in [1.82, 2.24) is 4.98 Å². The number of rotatable bonds is 2. The van der Waals surface area contributed by atoms with E-state index in [9.17, 15) is 4.39 Å². The highest BCUT2D eigenvalue weighted by molar-refractivity contribution is 5.47. The van der Waals surface area contributed by atoms with Crippen molar-refractivity contribution in [1.29, 1.82) is 0 Å². The summed E-state index contributed by atoms with van der Waals surface area (Å²) in [5, 5.41) is 0. The summed E-state index contributed by atoms with van der Waals surface area (Å²) in [5.41, 5.74) is 14.9. The van der Waals surface area contributed by atoms with Crippen LogP contribution in [0.2, 0.25) is 0 Å². The molecular formula is C14H16FN3. The Labute approximate surface area is 106 Å². The first-order chi connectivity index (χ1) is 8.49. The minimum absolute atomic E-state index is 0.262. The molecule has 18 heavy (non-hydrogen) atoms. The molecular weight excluding hydrogens is 229 g/mol. The van der Waals surface area contributed by atoms with Crippen LogP contribution < -0.4 is 11.5 Å². The molecule has 2 aromatic rings. The van der Waals surface area contributed by atoms with E-state index in [4.69, 9.17) is 11.5 Å². The van der Waals surface area contributed by atoms with Crippen LogP contribution in [0.4, 0.5) is 10.2 Å². The summed E-state index contributed by atoms with van der Waals surface area (Å²) < 4.78 is 13.5. The zero-order chi connectivity index (χ0) is 13.3. The quantitative estimate of drug-likeness (QED) is 0.854. The molecule has 1 atom stereocenters. The molecule has 4 heteroatoms. The van der Waals surface area contributed by atoms with Gasteiger partial charge in [0, 0.05) is 11.8 Å². The molecule has 1 aromatic heterocycles. The number of pyridine rings is 1. The van der Waals surface area contributed by atoms with Crippen molar-refractivity contribution in [3.8, 4) is 0 Å². The number of hydrogen-bond acceptors (Lipinski definition) is 3. The van der Waals surface area contributed by atoms with Gasteiger partial charge >= 0.3 is 0 Å². The largest absolute Gasteiger partial charge is 0.383 e. The minimum Gasteiger partial charge on any atom is -0.383 e. The first-order valence-electron chi connectivity index (χ1n) is 5.72. The van der Waals surface area contributed by atoms with Crippen molar-refractivity contribution in [3.63, 3.8) is 0 Å². The first kappa shape index (κ1) is 12.5. The number of anilines is 1. The molecule has 94 valence electrons. The van der Waals surface area contributed by atoms with E-state index in [1.165, 1.54) is 6.07 Å². The summed E-state index contributed by atoms with van der Waals surface area (Å²) in [7, 11) is 0. The summed E-state index contributed by atoms with van der Waals surface area (Å²) >= 11 is 0. The molecule has 1 heterocycles. The molecule has 4 N–H and O–H groups in total. The van der Waals surface area contributed by atoms with Gasteiger partial charge in [-0.25, -0.2) is 9.37 Å². The average Bonchev–Trinajstić information content (AvgIpc) is 2.35. The predicted octanol–water partition coefficient (Wildman–Crippen LogP) is 2.47. The van der Waals surface area contributed by atoms with E-state index in [1.807, 2.05) is 19.1 Å². The van der Waals surface area contributed by atoms with Gasteiger partial charge in [-0.05, 0) is 42.7 Å².